The number of amides is 3. The fraction of sp³-hybridized carbons (Fsp3) is 0.483. The molecule has 0 radical (unpaired) electrons. The predicted molar refractivity (Wildman–Crippen MR) is 138 cm³/mol. The second-order valence-electron chi connectivity index (χ2n) is 9.92. The van der Waals surface area contributed by atoms with Crippen LogP contribution in [-0.2, 0) is 20.9 Å². The van der Waals surface area contributed by atoms with Crippen molar-refractivity contribution in [3.63, 3.8) is 0 Å². The molecule has 4 rings (SSSR count). The Morgan fingerprint density at radius 2 is 1.69 bits per heavy atom. The molecule has 2 aromatic rings. The van der Waals surface area contributed by atoms with Gasteiger partial charge in [-0.05, 0) is 30.5 Å². The number of nitrogens with zero attached hydrogens (tertiary/aromatic N) is 3. The lowest BCUT2D eigenvalue weighted by Gasteiger charge is -2.39. The number of carbonyl (C=O) groups is 3. The molecule has 0 unspecified atom stereocenters. The van der Waals surface area contributed by atoms with E-state index >= 15 is 0 Å². The van der Waals surface area contributed by atoms with Crippen LogP contribution >= 0.6 is 0 Å². The molecular weight excluding hydrogens is 454 g/mol. The van der Waals surface area contributed by atoms with E-state index in [0.29, 0.717) is 45.4 Å². The van der Waals surface area contributed by atoms with E-state index in [1.807, 2.05) is 72.6 Å². The van der Waals surface area contributed by atoms with Crippen molar-refractivity contribution in [3.05, 3.63) is 66.2 Å². The molecule has 7 nitrogen and oxygen atoms in total. The summed E-state index contributed by atoms with van der Waals surface area (Å²) >= 11 is 0. The quantitative estimate of drug-likeness (QED) is 0.564. The van der Waals surface area contributed by atoms with E-state index in [1.54, 1.807) is 9.80 Å². The number of likely N-dealkylation sites (tertiary alicyclic amines) is 2. The number of hydrogen-bond acceptors (Lipinski definition) is 4. The van der Waals surface area contributed by atoms with Gasteiger partial charge in [0.15, 0.2) is 0 Å². The van der Waals surface area contributed by atoms with Gasteiger partial charge >= 0.3 is 0 Å². The zero-order chi connectivity index (χ0) is 25.3. The van der Waals surface area contributed by atoms with Gasteiger partial charge in [0.2, 0.25) is 17.7 Å². The Labute approximate surface area is 214 Å². The Morgan fingerprint density at radius 3 is 2.44 bits per heavy atom. The van der Waals surface area contributed by atoms with Gasteiger partial charge in [0.25, 0.3) is 0 Å². The maximum absolute atomic E-state index is 13.2. The van der Waals surface area contributed by atoms with Gasteiger partial charge < -0.3 is 19.4 Å². The summed E-state index contributed by atoms with van der Waals surface area (Å²) in [5.74, 6) is 0.694. The molecular formula is C29H37N3O4. The van der Waals surface area contributed by atoms with Gasteiger partial charge in [0.05, 0.1) is 6.54 Å². The monoisotopic (exact) mass is 491 g/mol. The third kappa shape index (κ3) is 7.09. The Morgan fingerprint density at radius 1 is 0.972 bits per heavy atom. The topological polar surface area (TPSA) is 70.2 Å². The van der Waals surface area contributed by atoms with E-state index in [0.717, 1.165) is 30.6 Å². The van der Waals surface area contributed by atoms with E-state index in [1.165, 1.54) is 0 Å². The van der Waals surface area contributed by atoms with E-state index in [-0.39, 0.29) is 36.3 Å². The van der Waals surface area contributed by atoms with Gasteiger partial charge in [-0.3, -0.25) is 14.4 Å². The van der Waals surface area contributed by atoms with Crippen LogP contribution in [0.1, 0.15) is 44.1 Å². The number of benzene rings is 2. The molecule has 36 heavy (non-hydrogen) atoms. The fourth-order valence-corrected chi connectivity index (χ4v) is 5.06. The van der Waals surface area contributed by atoms with Crippen molar-refractivity contribution >= 4 is 17.7 Å². The van der Waals surface area contributed by atoms with Crippen molar-refractivity contribution in [1.29, 1.82) is 0 Å². The standard InChI is InChI=1S/C29H37N3O4/c1-30(20-23-11-5-2-6-12-23)28(34)19-24-21-32(18-16-26(24)36-25-13-7-3-8-14-25)29(35)22-31-17-10-4-9-15-27(31)33/h2-3,5-8,11-14,24,26H,4,9-10,15-22H2,1H3/t24-,26-/m0/s1. The summed E-state index contributed by atoms with van der Waals surface area (Å²) in [5.41, 5.74) is 1.08. The molecule has 0 saturated carbocycles. The first kappa shape index (κ1) is 25.7. The summed E-state index contributed by atoms with van der Waals surface area (Å²) in [5, 5.41) is 0. The summed E-state index contributed by atoms with van der Waals surface area (Å²) in [6, 6.07) is 19.6. The smallest absolute Gasteiger partial charge is 0.242 e. The SMILES string of the molecule is CN(Cc1ccccc1)C(=O)C[C@H]1CN(C(=O)CN2CCCCCC2=O)CC[C@@H]1Oc1ccccc1. The molecule has 2 saturated heterocycles. The summed E-state index contributed by atoms with van der Waals surface area (Å²) in [7, 11) is 1.82. The number of para-hydroxylation sites is 1. The van der Waals surface area contributed by atoms with Gasteiger partial charge in [-0.25, -0.2) is 0 Å². The second kappa shape index (κ2) is 12.6. The third-order valence-electron chi connectivity index (χ3n) is 7.17. The highest BCUT2D eigenvalue weighted by Gasteiger charge is 2.35. The average molecular weight is 492 g/mol. The Balaban J connectivity index is 1.42. The second-order valence-corrected chi connectivity index (χ2v) is 9.92. The van der Waals surface area contributed by atoms with E-state index in [4.69, 9.17) is 4.74 Å². The maximum Gasteiger partial charge on any atom is 0.242 e. The largest absolute Gasteiger partial charge is 0.490 e. The van der Waals surface area contributed by atoms with Crippen molar-refractivity contribution in [2.24, 2.45) is 5.92 Å². The first-order valence-corrected chi connectivity index (χ1v) is 13.0. The minimum atomic E-state index is -0.162. The summed E-state index contributed by atoms with van der Waals surface area (Å²) < 4.78 is 6.31. The van der Waals surface area contributed by atoms with E-state index in [2.05, 4.69) is 0 Å². The van der Waals surface area contributed by atoms with Crippen molar-refractivity contribution in [2.75, 3.05) is 33.2 Å². The maximum atomic E-state index is 13.2. The summed E-state index contributed by atoms with van der Waals surface area (Å²) in [6.07, 6.45) is 4.17. The van der Waals surface area contributed by atoms with Crippen LogP contribution in [0.5, 0.6) is 5.75 Å². The Kier molecular flexibility index (Phi) is 8.98. The minimum Gasteiger partial charge on any atom is -0.490 e. The number of hydrogen-bond donors (Lipinski definition) is 0. The van der Waals surface area contributed by atoms with Gasteiger partial charge in [-0.2, -0.15) is 0 Å². The van der Waals surface area contributed by atoms with Crippen LogP contribution in [0.2, 0.25) is 0 Å². The van der Waals surface area contributed by atoms with Crippen LogP contribution in [0.15, 0.2) is 60.7 Å². The molecule has 2 aliphatic heterocycles. The van der Waals surface area contributed by atoms with Crippen molar-refractivity contribution in [3.8, 4) is 5.75 Å². The fourth-order valence-electron chi connectivity index (χ4n) is 5.06. The van der Waals surface area contributed by atoms with Crippen molar-refractivity contribution in [1.82, 2.24) is 14.7 Å². The van der Waals surface area contributed by atoms with Gasteiger partial charge in [0, 0.05) is 58.4 Å². The highest BCUT2D eigenvalue weighted by atomic mass is 16.5. The third-order valence-corrected chi connectivity index (χ3v) is 7.17. The highest BCUT2D eigenvalue weighted by molar-refractivity contribution is 5.85. The lowest BCUT2D eigenvalue weighted by atomic mass is 9.90. The first-order chi connectivity index (χ1) is 17.5. The zero-order valence-corrected chi connectivity index (χ0v) is 21.2. The Hall–Kier alpha value is -3.35. The molecule has 7 heteroatoms. The molecule has 0 aromatic heterocycles. The molecule has 0 bridgehead atoms. The van der Waals surface area contributed by atoms with E-state index in [9.17, 15) is 14.4 Å². The van der Waals surface area contributed by atoms with Crippen LogP contribution in [0.25, 0.3) is 0 Å². The van der Waals surface area contributed by atoms with Crippen LogP contribution < -0.4 is 4.74 Å². The Bertz CT molecular complexity index is 1010. The molecule has 2 heterocycles. The lowest BCUT2D eigenvalue weighted by molar-refractivity contribution is -0.143. The highest BCUT2D eigenvalue weighted by Crippen LogP contribution is 2.27. The number of carbonyl (C=O) groups excluding carboxylic acids is 3. The number of piperidine rings is 1. The molecule has 0 N–H and O–H groups in total. The summed E-state index contributed by atoms with van der Waals surface area (Å²) in [4.78, 5) is 44.1. The van der Waals surface area contributed by atoms with Crippen molar-refractivity contribution in [2.45, 2.75) is 51.2 Å². The van der Waals surface area contributed by atoms with Crippen LogP contribution in [0.3, 0.4) is 0 Å². The molecule has 2 fully saturated rings. The normalized spacial score (nSPS) is 20.5. The van der Waals surface area contributed by atoms with Crippen LogP contribution in [-0.4, -0.2) is 71.8 Å². The number of ether oxygens (including phenoxy) is 1. The van der Waals surface area contributed by atoms with Crippen LogP contribution in [0.4, 0.5) is 0 Å². The number of rotatable bonds is 8. The lowest BCUT2D eigenvalue weighted by Crippen LogP contribution is -2.52. The minimum absolute atomic E-state index is 0.0301. The molecule has 192 valence electrons. The van der Waals surface area contributed by atoms with E-state index < -0.39 is 0 Å². The zero-order valence-electron chi connectivity index (χ0n) is 21.2. The van der Waals surface area contributed by atoms with Gasteiger partial charge in [-0.15, -0.1) is 0 Å². The molecule has 2 atom stereocenters. The van der Waals surface area contributed by atoms with Gasteiger partial charge in [-0.1, -0.05) is 55.0 Å². The molecule has 3 amide bonds. The first-order valence-electron chi connectivity index (χ1n) is 13.0. The van der Waals surface area contributed by atoms with Crippen LogP contribution in [0, 0.1) is 5.92 Å². The predicted octanol–water partition coefficient (Wildman–Crippen LogP) is 3.73. The molecule has 0 aliphatic carbocycles. The molecule has 2 aromatic carbocycles. The van der Waals surface area contributed by atoms with Gasteiger partial charge in [0.1, 0.15) is 11.9 Å². The average Bonchev–Trinajstić information content (AvgIpc) is 3.10. The summed E-state index contributed by atoms with van der Waals surface area (Å²) in [6.45, 7) is 2.31. The molecule has 0 spiro atoms. The molecule has 2 aliphatic rings. The van der Waals surface area contributed by atoms with Crippen molar-refractivity contribution < 1.29 is 19.1 Å².